The van der Waals surface area contributed by atoms with E-state index in [0.29, 0.717) is 18.8 Å². The molecule has 0 aromatic heterocycles. The summed E-state index contributed by atoms with van der Waals surface area (Å²) in [6.45, 7) is 11.8. The van der Waals surface area contributed by atoms with Gasteiger partial charge in [-0.2, -0.15) is 0 Å². The van der Waals surface area contributed by atoms with Gasteiger partial charge in [0.05, 0.1) is 1.37 Å². The Morgan fingerprint density at radius 2 is 1.79 bits per heavy atom. The zero-order valence-electron chi connectivity index (χ0n) is 19.1. The highest BCUT2D eigenvalue weighted by molar-refractivity contribution is 5.67. The molecule has 0 aromatic carbocycles. The van der Waals surface area contributed by atoms with Crippen LogP contribution in [0, 0.1) is 27.6 Å². The molecule has 5 aliphatic rings. The van der Waals surface area contributed by atoms with Crippen molar-refractivity contribution in [1.29, 1.82) is 0 Å². The number of esters is 2. The van der Waals surface area contributed by atoms with Gasteiger partial charge in [-0.3, -0.25) is 9.59 Å². The summed E-state index contributed by atoms with van der Waals surface area (Å²) < 4.78 is 20.9. The Kier molecular flexibility index (Phi) is 3.93. The van der Waals surface area contributed by atoms with Crippen LogP contribution >= 0.6 is 0 Å². The fraction of sp³-hybridized carbons (Fsp3) is 0.750. The van der Waals surface area contributed by atoms with Crippen LogP contribution < -0.4 is 0 Å². The van der Waals surface area contributed by atoms with E-state index in [1.54, 1.807) is 0 Å². The summed E-state index contributed by atoms with van der Waals surface area (Å²) in [5, 5.41) is 0. The Morgan fingerprint density at radius 1 is 1.11 bits per heavy atom. The average molecular weight is 388 g/mol. The Bertz CT molecular complexity index is 829. The topological polar surface area (TPSA) is 52.6 Å². The van der Waals surface area contributed by atoms with Gasteiger partial charge in [0.1, 0.15) is 12.2 Å². The lowest BCUT2D eigenvalue weighted by atomic mass is 9.37. The van der Waals surface area contributed by atoms with Crippen molar-refractivity contribution in [3.63, 3.8) is 0 Å². The quantitative estimate of drug-likeness (QED) is 0.495. The van der Waals surface area contributed by atoms with E-state index < -0.39 is 22.9 Å². The van der Waals surface area contributed by atoms with E-state index in [2.05, 4.69) is 39.0 Å². The largest absolute Gasteiger partial charge is 0.462 e. The number of carbonyl (C=O) groups is 2. The Balaban J connectivity index is 1.91. The van der Waals surface area contributed by atoms with Gasteiger partial charge in [-0.1, -0.05) is 51.5 Å². The van der Waals surface area contributed by atoms with E-state index >= 15 is 0 Å². The van der Waals surface area contributed by atoms with Crippen molar-refractivity contribution >= 4 is 11.9 Å². The van der Waals surface area contributed by atoms with Crippen LogP contribution in [0.3, 0.4) is 0 Å². The highest BCUT2D eigenvalue weighted by Crippen LogP contribution is 2.72. The third-order valence-electron chi connectivity index (χ3n) is 8.47. The minimum absolute atomic E-state index is 0.0976. The first-order valence-electron chi connectivity index (χ1n) is 11.1. The van der Waals surface area contributed by atoms with Gasteiger partial charge in [0.25, 0.3) is 0 Å². The molecule has 154 valence electrons. The first-order chi connectivity index (χ1) is 13.3. The van der Waals surface area contributed by atoms with Crippen LogP contribution in [0.2, 0.25) is 0 Å². The first-order valence-corrected chi connectivity index (χ1v) is 10.6. The number of rotatable bonds is 2. The zero-order chi connectivity index (χ0) is 21.5. The predicted octanol–water partition coefficient (Wildman–Crippen LogP) is 4.98. The van der Waals surface area contributed by atoms with Gasteiger partial charge in [0, 0.05) is 30.1 Å². The fourth-order valence-electron chi connectivity index (χ4n) is 6.98. The van der Waals surface area contributed by atoms with Crippen LogP contribution in [-0.2, 0) is 19.1 Å². The molecule has 0 aromatic rings. The molecule has 0 unspecified atom stereocenters. The standard InChI is InChI=1S/C24H34O4/c1-15(25)27-19-9-10-21(3,4)18-8-7-17-13-22(5)11-12-24(17,23(18,19)6)14-20(22)28-16(2)26/h7,11-12,18-20H,8-10,13-14H2,1-6H3/t18-,19+,20-,22-,23+,24+/m1/s1/i20D. The summed E-state index contributed by atoms with van der Waals surface area (Å²) in [6.07, 6.45) is 9.11. The maximum absolute atomic E-state index is 12.0. The van der Waals surface area contributed by atoms with Crippen molar-refractivity contribution in [2.45, 2.75) is 85.8 Å². The fourth-order valence-corrected chi connectivity index (χ4v) is 6.98. The van der Waals surface area contributed by atoms with Gasteiger partial charge in [-0.15, -0.1) is 0 Å². The maximum Gasteiger partial charge on any atom is 0.302 e. The molecule has 5 aliphatic carbocycles. The van der Waals surface area contributed by atoms with Gasteiger partial charge < -0.3 is 9.47 Å². The van der Waals surface area contributed by atoms with Gasteiger partial charge in [-0.05, 0) is 43.4 Å². The number of hydrogen-bond acceptors (Lipinski definition) is 4. The van der Waals surface area contributed by atoms with Crippen LogP contribution in [0.1, 0.15) is 75.0 Å². The molecule has 2 saturated carbocycles. The molecule has 6 atom stereocenters. The van der Waals surface area contributed by atoms with E-state index in [9.17, 15) is 11.0 Å². The van der Waals surface area contributed by atoms with Gasteiger partial charge in [0.15, 0.2) is 0 Å². The van der Waals surface area contributed by atoms with Crippen LogP contribution in [-0.4, -0.2) is 24.1 Å². The summed E-state index contributed by atoms with van der Waals surface area (Å²) in [4.78, 5) is 23.9. The molecule has 5 rings (SSSR count). The van der Waals surface area contributed by atoms with Gasteiger partial charge in [0.2, 0.25) is 0 Å². The second-order valence-corrected chi connectivity index (χ2v) is 10.5. The van der Waals surface area contributed by atoms with Crippen molar-refractivity contribution in [2.24, 2.45) is 27.6 Å². The molecule has 4 heteroatoms. The molecular formula is C24H34O4. The second-order valence-electron chi connectivity index (χ2n) is 10.5. The lowest BCUT2D eigenvalue weighted by Gasteiger charge is -2.68. The van der Waals surface area contributed by atoms with E-state index in [-0.39, 0.29) is 22.9 Å². The third kappa shape index (κ3) is 2.48. The van der Waals surface area contributed by atoms with Crippen LogP contribution in [0.5, 0.6) is 0 Å². The van der Waals surface area contributed by atoms with Gasteiger partial charge >= 0.3 is 11.9 Å². The molecule has 2 fully saturated rings. The molecule has 2 bridgehead atoms. The molecule has 28 heavy (non-hydrogen) atoms. The summed E-state index contributed by atoms with van der Waals surface area (Å²) >= 11 is 0. The van der Waals surface area contributed by atoms with Crippen molar-refractivity contribution < 1.29 is 20.4 Å². The Hall–Kier alpha value is -1.58. The Morgan fingerprint density at radius 3 is 2.43 bits per heavy atom. The molecule has 0 heterocycles. The number of ether oxygens (including phenoxy) is 2. The molecule has 0 saturated heterocycles. The lowest BCUT2D eigenvalue weighted by Crippen LogP contribution is -2.66. The Labute approximate surface area is 170 Å². The minimum atomic E-state index is -1.32. The van der Waals surface area contributed by atoms with Crippen molar-refractivity contribution in [3.8, 4) is 0 Å². The van der Waals surface area contributed by atoms with Crippen LogP contribution in [0.15, 0.2) is 23.8 Å². The predicted molar refractivity (Wildman–Crippen MR) is 107 cm³/mol. The third-order valence-corrected chi connectivity index (χ3v) is 8.47. The summed E-state index contributed by atoms with van der Waals surface area (Å²) in [5.41, 5.74) is 0.0838. The molecule has 0 aliphatic heterocycles. The number of hydrogen-bond donors (Lipinski definition) is 0. The zero-order valence-corrected chi connectivity index (χ0v) is 18.1. The van der Waals surface area contributed by atoms with Crippen molar-refractivity contribution in [1.82, 2.24) is 0 Å². The minimum Gasteiger partial charge on any atom is -0.462 e. The van der Waals surface area contributed by atoms with E-state index in [0.717, 1.165) is 19.3 Å². The highest BCUT2D eigenvalue weighted by atomic mass is 16.5. The lowest BCUT2D eigenvalue weighted by molar-refractivity contribution is -0.202. The summed E-state index contributed by atoms with van der Waals surface area (Å²) in [7, 11) is 0. The number of carbonyl (C=O) groups excluding carboxylic acids is 2. The number of fused-ring (bicyclic) bond motifs is 2. The monoisotopic (exact) mass is 387 g/mol. The van der Waals surface area contributed by atoms with E-state index in [1.165, 1.54) is 19.4 Å². The SMILES string of the molecule is [2H][C@@]1(OC(C)=O)C[C@@]23C=C[C@]1(C)CC2=CC[C@@H]1C(C)(C)CC[C@H](OC(C)=O)[C@]13C. The second kappa shape index (κ2) is 5.96. The average Bonchev–Trinajstić information content (AvgIpc) is 2.57. The maximum atomic E-state index is 12.0. The van der Waals surface area contributed by atoms with Crippen LogP contribution in [0.4, 0.5) is 0 Å². The number of allylic oxidation sites excluding steroid dienone is 3. The summed E-state index contributed by atoms with van der Waals surface area (Å²) in [5.74, 6) is -0.354. The van der Waals surface area contributed by atoms with Crippen LogP contribution in [0.25, 0.3) is 0 Å². The van der Waals surface area contributed by atoms with Gasteiger partial charge in [-0.25, -0.2) is 0 Å². The molecule has 4 nitrogen and oxygen atoms in total. The first kappa shape index (κ1) is 18.4. The molecule has 0 amide bonds. The smallest absolute Gasteiger partial charge is 0.302 e. The molecule has 1 spiro atoms. The van der Waals surface area contributed by atoms with Crippen molar-refractivity contribution in [3.05, 3.63) is 23.8 Å². The van der Waals surface area contributed by atoms with E-state index in [4.69, 9.17) is 9.47 Å². The van der Waals surface area contributed by atoms with Crippen molar-refractivity contribution in [2.75, 3.05) is 0 Å². The molecular weight excluding hydrogens is 352 g/mol. The highest BCUT2D eigenvalue weighted by Gasteiger charge is 2.69. The molecule has 0 N–H and O–H groups in total. The normalized spacial score (nSPS) is 48.6. The molecule has 0 radical (unpaired) electrons. The summed E-state index contributed by atoms with van der Waals surface area (Å²) in [6, 6.07) is 0. The van der Waals surface area contributed by atoms with E-state index in [1.807, 2.05) is 6.92 Å².